The van der Waals surface area contributed by atoms with E-state index < -0.39 is 10.0 Å². The first-order chi connectivity index (χ1) is 12.9. The maximum absolute atomic E-state index is 12.6. The standard InChI is InChI=1S/C17H13ClN6O2S/c18-13-8-6-12(7-9-13)16-10-15(17(20)21-11-19)22-24(16)23-27(25,26)14-4-2-1-3-5-14/h1-10,23H,(H2,20,21). The minimum Gasteiger partial charge on any atom is -0.381 e. The number of nitrogens with two attached hydrogens (primary N) is 1. The molecule has 0 aliphatic carbocycles. The average Bonchev–Trinajstić information content (AvgIpc) is 3.06. The maximum atomic E-state index is 12.6. The van der Waals surface area contributed by atoms with Crippen LogP contribution in [0.4, 0.5) is 0 Å². The number of nitrogens with zero attached hydrogens (tertiary/aromatic N) is 4. The number of hydrogen-bond acceptors (Lipinski definition) is 5. The highest BCUT2D eigenvalue weighted by atomic mass is 35.5. The molecule has 0 aliphatic heterocycles. The van der Waals surface area contributed by atoms with Gasteiger partial charge in [-0.15, -0.1) is 5.10 Å². The lowest BCUT2D eigenvalue weighted by molar-refractivity contribution is 0.592. The summed E-state index contributed by atoms with van der Waals surface area (Å²) in [5.74, 6) is -0.134. The summed E-state index contributed by atoms with van der Waals surface area (Å²) >= 11 is 5.91. The number of aliphatic imine (C=N–C) groups is 1. The molecule has 8 nitrogen and oxygen atoms in total. The molecular formula is C17H13ClN6O2S. The minimum atomic E-state index is -3.90. The van der Waals surface area contributed by atoms with Gasteiger partial charge in [-0.1, -0.05) is 41.9 Å². The van der Waals surface area contributed by atoms with Crippen LogP contribution in [-0.4, -0.2) is 24.1 Å². The van der Waals surface area contributed by atoms with Gasteiger partial charge in [0.25, 0.3) is 10.0 Å². The number of hydrogen-bond donors (Lipinski definition) is 2. The van der Waals surface area contributed by atoms with Crippen LogP contribution < -0.4 is 10.6 Å². The lowest BCUT2D eigenvalue weighted by Gasteiger charge is -2.11. The molecule has 0 amide bonds. The van der Waals surface area contributed by atoms with Crippen molar-refractivity contribution in [3.05, 3.63) is 71.4 Å². The molecule has 0 saturated carbocycles. The van der Waals surface area contributed by atoms with Crippen LogP contribution in [0.15, 0.2) is 70.6 Å². The molecule has 0 saturated heterocycles. The van der Waals surface area contributed by atoms with E-state index in [0.717, 1.165) is 4.79 Å². The number of benzene rings is 2. The largest absolute Gasteiger partial charge is 0.381 e. The van der Waals surface area contributed by atoms with Gasteiger partial charge >= 0.3 is 0 Å². The second-order valence-electron chi connectivity index (χ2n) is 5.34. The van der Waals surface area contributed by atoms with Crippen molar-refractivity contribution in [3.8, 4) is 17.5 Å². The summed E-state index contributed by atoms with van der Waals surface area (Å²) in [5, 5.41) is 13.3. The Hall–Kier alpha value is -3.35. The van der Waals surface area contributed by atoms with E-state index in [2.05, 4.69) is 14.9 Å². The third-order valence-corrected chi connectivity index (χ3v) is 5.10. The van der Waals surface area contributed by atoms with E-state index in [9.17, 15) is 8.42 Å². The van der Waals surface area contributed by atoms with Crippen LogP contribution in [0, 0.1) is 11.5 Å². The van der Waals surface area contributed by atoms with Gasteiger partial charge in [-0.3, -0.25) is 0 Å². The molecule has 0 aliphatic rings. The van der Waals surface area contributed by atoms with E-state index in [4.69, 9.17) is 22.6 Å². The summed E-state index contributed by atoms with van der Waals surface area (Å²) in [5.41, 5.74) is 6.91. The normalized spacial score (nSPS) is 11.8. The van der Waals surface area contributed by atoms with Crippen molar-refractivity contribution in [1.29, 1.82) is 5.26 Å². The number of nitrogens with one attached hydrogen (secondary N) is 1. The summed E-state index contributed by atoms with van der Waals surface area (Å²) in [6, 6.07) is 16.1. The molecule has 1 heterocycles. The average molecular weight is 401 g/mol. The lowest BCUT2D eigenvalue weighted by atomic mass is 10.1. The zero-order chi connectivity index (χ0) is 19.4. The minimum absolute atomic E-state index is 0.0720. The quantitative estimate of drug-likeness (QED) is 0.386. The van der Waals surface area contributed by atoms with Crippen LogP contribution in [-0.2, 0) is 10.0 Å². The highest BCUT2D eigenvalue weighted by Crippen LogP contribution is 2.23. The van der Waals surface area contributed by atoms with E-state index in [1.807, 2.05) is 0 Å². The Bertz CT molecular complexity index is 1130. The molecule has 0 spiro atoms. The molecule has 3 rings (SSSR count). The molecule has 0 fully saturated rings. The van der Waals surface area contributed by atoms with Crippen LogP contribution in [0.3, 0.4) is 0 Å². The number of amidine groups is 1. The van der Waals surface area contributed by atoms with Crippen molar-refractivity contribution >= 4 is 27.5 Å². The predicted molar refractivity (Wildman–Crippen MR) is 102 cm³/mol. The van der Waals surface area contributed by atoms with Gasteiger partial charge < -0.3 is 5.73 Å². The Morgan fingerprint density at radius 2 is 1.85 bits per heavy atom. The van der Waals surface area contributed by atoms with E-state index in [1.165, 1.54) is 18.2 Å². The molecule has 0 atom stereocenters. The zero-order valence-corrected chi connectivity index (χ0v) is 15.3. The summed E-state index contributed by atoms with van der Waals surface area (Å²) in [6.45, 7) is 0. The van der Waals surface area contributed by atoms with Crippen LogP contribution in [0.5, 0.6) is 0 Å². The molecule has 2 aromatic carbocycles. The van der Waals surface area contributed by atoms with Crippen molar-refractivity contribution in [2.45, 2.75) is 4.90 Å². The smallest absolute Gasteiger partial charge is 0.276 e. The number of aromatic nitrogens is 2. The summed E-state index contributed by atoms with van der Waals surface area (Å²) in [4.78, 5) is 6.96. The summed E-state index contributed by atoms with van der Waals surface area (Å²) in [7, 11) is -3.90. The molecule has 27 heavy (non-hydrogen) atoms. The van der Waals surface area contributed by atoms with Crippen LogP contribution in [0.25, 0.3) is 11.3 Å². The van der Waals surface area contributed by atoms with E-state index >= 15 is 0 Å². The number of sulfonamides is 1. The Labute approximate surface area is 160 Å². The molecule has 0 unspecified atom stereocenters. The SMILES string of the molecule is N#CN=C(N)c1cc(-c2ccc(Cl)cc2)n(NS(=O)(=O)c2ccccc2)n1. The van der Waals surface area contributed by atoms with Gasteiger partial charge in [0.1, 0.15) is 5.69 Å². The molecule has 136 valence electrons. The fraction of sp³-hybridized carbons (Fsp3) is 0. The van der Waals surface area contributed by atoms with Crippen molar-refractivity contribution in [2.24, 2.45) is 10.7 Å². The van der Waals surface area contributed by atoms with Gasteiger partial charge in [-0.05, 0) is 30.3 Å². The number of nitriles is 1. The second-order valence-corrected chi connectivity index (χ2v) is 7.44. The predicted octanol–water partition coefficient (Wildman–Crippen LogP) is 2.32. The molecule has 0 bridgehead atoms. The molecular weight excluding hydrogens is 388 g/mol. The Morgan fingerprint density at radius 3 is 2.48 bits per heavy atom. The number of halogens is 1. The molecule has 3 N–H and O–H groups in total. The molecule has 3 aromatic rings. The first-order valence-corrected chi connectivity index (χ1v) is 9.43. The lowest BCUT2D eigenvalue weighted by Crippen LogP contribution is -2.25. The second kappa shape index (κ2) is 7.49. The van der Waals surface area contributed by atoms with Crippen molar-refractivity contribution in [1.82, 2.24) is 9.89 Å². The molecule has 10 heteroatoms. The highest BCUT2D eigenvalue weighted by molar-refractivity contribution is 7.92. The highest BCUT2D eigenvalue weighted by Gasteiger charge is 2.19. The van der Waals surface area contributed by atoms with Crippen LogP contribution in [0.2, 0.25) is 5.02 Å². The zero-order valence-electron chi connectivity index (χ0n) is 13.7. The molecule has 1 aromatic heterocycles. The Morgan fingerprint density at radius 1 is 1.19 bits per heavy atom. The first kappa shape index (κ1) is 18.4. The number of rotatable bonds is 5. The van der Waals surface area contributed by atoms with E-state index in [-0.39, 0.29) is 16.4 Å². The summed E-state index contributed by atoms with van der Waals surface area (Å²) < 4.78 is 25.3. The topological polar surface area (TPSA) is 126 Å². The van der Waals surface area contributed by atoms with Gasteiger partial charge in [0.05, 0.1) is 10.6 Å². The van der Waals surface area contributed by atoms with Gasteiger partial charge in [0.2, 0.25) is 6.19 Å². The maximum Gasteiger partial charge on any atom is 0.276 e. The van der Waals surface area contributed by atoms with Crippen molar-refractivity contribution in [3.63, 3.8) is 0 Å². The fourth-order valence-corrected chi connectivity index (χ4v) is 3.39. The Balaban J connectivity index is 2.09. The van der Waals surface area contributed by atoms with Gasteiger partial charge in [-0.2, -0.15) is 28.3 Å². The van der Waals surface area contributed by atoms with Gasteiger partial charge in [0, 0.05) is 10.6 Å². The summed E-state index contributed by atoms with van der Waals surface area (Å²) in [6.07, 6.45) is 1.57. The van der Waals surface area contributed by atoms with Crippen molar-refractivity contribution < 1.29 is 8.42 Å². The van der Waals surface area contributed by atoms with Crippen molar-refractivity contribution in [2.75, 3.05) is 4.83 Å². The van der Waals surface area contributed by atoms with E-state index in [1.54, 1.807) is 48.7 Å². The molecule has 0 radical (unpaired) electrons. The first-order valence-electron chi connectivity index (χ1n) is 7.57. The van der Waals surface area contributed by atoms with Crippen LogP contribution in [0.1, 0.15) is 5.69 Å². The monoisotopic (exact) mass is 400 g/mol. The fourth-order valence-electron chi connectivity index (χ4n) is 2.28. The van der Waals surface area contributed by atoms with E-state index in [0.29, 0.717) is 16.3 Å². The third-order valence-electron chi connectivity index (χ3n) is 3.54. The van der Waals surface area contributed by atoms with Gasteiger partial charge in [0.15, 0.2) is 5.84 Å². The third kappa shape index (κ3) is 4.08. The van der Waals surface area contributed by atoms with Gasteiger partial charge in [-0.25, -0.2) is 0 Å². The van der Waals surface area contributed by atoms with Crippen LogP contribution >= 0.6 is 11.6 Å². The Kier molecular flexibility index (Phi) is 5.12.